The van der Waals surface area contributed by atoms with E-state index in [4.69, 9.17) is 0 Å². The van der Waals surface area contributed by atoms with Crippen molar-refractivity contribution in [1.82, 2.24) is 0 Å². The summed E-state index contributed by atoms with van der Waals surface area (Å²) in [5.41, 5.74) is 0. The van der Waals surface area contributed by atoms with E-state index in [1.54, 1.807) is 0 Å². The van der Waals surface area contributed by atoms with Crippen LogP contribution in [0, 0.1) is 0 Å². The molecule has 0 aromatic carbocycles. The third-order valence-corrected chi connectivity index (χ3v) is 11.2. The average molecular weight is 745 g/mol. The summed E-state index contributed by atoms with van der Waals surface area (Å²) in [7, 11) is 0. The molecule has 0 saturated heterocycles. The minimum atomic E-state index is 1.34. The van der Waals surface area contributed by atoms with Crippen LogP contribution in [0.2, 0.25) is 0 Å². The van der Waals surface area contributed by atoms with E-state index in [1.807, 2.05) is 0 Å². The summed E-state index contributed by atoms with van der Waals surface area (Å²) >= 11 is 2.51. The van der Waals surface area contributed by atoms with Crippen molar-refractivity contribution in [3.05, 3.63) is 0 Å². The predicted molar refractivity (Wildman–Crippen MR) is 218 cm³/mol. The van der Waals surface area contributed by atoms with Crippen LogP contribution in [0.5, 0.6) is 0 Å². The van der Waals surface area contributed by atoms with Gasteiger partial charge in [0, 0.05) is 0 Å². The molecule has 272 valence electrons. The van der Waals surface area contributed by atoms with Crippen molar-refractivity contribution in [2.24, 2.45) is 0 Å². The van der Waals surface area contributed by atoms with Crippen molar-refractivity contribution in [2.45, 2.75) is 277 Å². The van der Waals surface area contributed by atoms with Gasteiger partial charge in [0.25, 0.3) is 0 Å². The van der Waals surface area contributed by atoms with E-state index in [0.29, 0.717) is 0 Å². The van der Waals surface area contributed by atoms with Gasteiger partial charge in [0.15, 0.2) is 0 Å². The fraction of sp³-hybridized carbons (Fsp3) is 1.00. The molecular formula is C44H89I. The average Bonchev–Trinajstić information content (AvgIpc) is 3.05. The van der Waals surface area contributed by atoms with Crippen LogP contribution in [0.15, 0.2) is 0 Å². The molecule has 1 heteroatoms. The monoisotopic (exact) mass is 745 g/mol. The van der Waals surface area contributed by atoms with E-state index < -0.39 is 0 Å². The number of halogens is 1. The molecule has 0 aliphatic rings. The second kappa shape index (κ2) is 44.7. The highest BCUT2D eigenvalue weighted by Crippen LogP contribution is 2.18. The number of alkyl halides is 1. The van der Waals surface area contributed by atoms with Gasteiger partial charge in [0.1, 0.15) is 0 Å². The fourth-order valence-corrected chi connectivity index (χ4v) is 7.78. The molecule has 0 aliphatic heterocycles. The Hall–Kier alpha value is 0.730. The Morgan fingerprint density at radius 2 is 0.289 bits per heavy atom. The van der Waals surface area contributed by atoms with Crippen LogP contribution in [0.3, 0.4) is 0 Å². The number of hydrogen-bond donors (Lipinski definition) is 0. The Labute approximate surface area is 302 Å². The Balaban J connectivity index is 3.03. The highest BCUT2D eigenvalue weighted by atomic mass is 127. The number of unbranched alkanes of at least 4 members (excludes halogenated alkanes) is 41. The highest BCUT2D eigenvalue weighted by molar-refractivity contribution is 14.1. The molecule has 0 saturated carbocycles. The quantitative estimate of drug-likeness (QED) is 0.0332. The number of hydrogen-bond acceptors (Lipinski definition) is 0. The van der Waals surface area contributed by atoms with E-state index in [-0.39, 0.29) is 0 Å². The van der Waals surface area contributed by atoms with Crippen LogP contribution in [0.1, 0.15) is 277 Å². The topological polar surface area (TPSA) is 0 Å². The molecule has 0 atom stereocenters. The Kier molecular flexibility index (Phi) is 45.5. The van der Waals surface area contributed by atoms with Gasteiger partial charge in [-0.3, -0.25) is 0 Å². The van der Waals surface area contributed by atoms with Crippen LogP contribution >= 0.6 is 22.6 Å². The zero-order chi connectivity index (χ0) is 32.4. The molecule has 0 heterocycles. The van der Waals surface area contributed by atoms with Gasteiger partial charge in [-0.1, -0.05) is 293 Å². The van der Waals surface area contributed by atoms with Gasteiger partial charge in [0.2, 0.25) is 0 Å². The van der Waals surface area contributed by atoms with Crippen molar-refractivity contribution in [1.29, 1.82) is 0 Å². The lowest BCUT2D eigenvalue weighted by molar-refractivity contribution is 0.509. The first-order valence-corrected chi connectivity index (χ1v) is 23.5. The third-order valence-electron chi connectivity index (χ3n) is 10.5. The zero-order valence-electron chi connectivity index (χ0n) is 31.8. The molecule has 0 amide bonds. The normalized spacial score (nSPS) is 11.6. The van der Waals surface area contributed by atoms with Crippen LogP contribution in [-0.2, 0) is 0 Å². The SMILES string of the molecule is CCCCCCCCCCCCCCCCCCCCCCCCCCCCCCCCCCCCCCCCCCCCI. The summed E-state index contributed by atoms with van der Waals surface area (Å²) < 4.78 is 1.34. The summed E-state index contributed by atoms with van der Waals surface area (Å²) in [6.07, 6.45) is 62.5. The minimum absolute atomic E-state index is 1.34. The first-order chi connectivity index (χ1) is 22.4. The molecule has 0 rings (SSSR count). The van der Waals surface area contributed by atoms with Crippen molar-refractivity contribution >= 4 is 22.6 Å². The predicted octanol–water partition coefficient (Wildman–Crippen LogP) is 17.8. The Bertz CT molecular complexity index is 432. The van der Waals surface area contributed by atoms with Crippen molar-refractivity contribution in [3.8, 4) is 0 Å². The second-order valence-corrected chi connectivity index (χ2v) is 16.3. The molecule has 0 unspecified atom stereocenters. The van der Waals surface area contributed by atoms with E-state index in [2.05, 4.69) is 29.5 Å². The van der Waals surface area contributed by atoms with Gasteiger partial charge in [-0.25, -0.2) is 0 Å². The molecule has 0 aliphatic carbocycles. The summed E-state index contributed by atoms with van der Waals surface area (Å²) in [4.78, 5) is 0. The highest BCUT2D eigenvalue weighted by Gasteiger charge is 1.98. The molecule has 45 heavy (non-hydrogen) atoms. The first-order valence-electron chi connectivity index (χ1n) is 22.0. The lowest BCUT2D eigenvalue weighted by atomic mass is 10.0. The lowest BCUT2D eigenvalue weighted by Gasteiger charge is -2.05. The van der Waals surface area contributed by atoms with E-state index in [9.17, 15) is 0 Å². The smallest absolute Gasteiger partial charge is 0.000473 e. The van der Waals surface area contributed by atoms with Crippen molar-refractivity contribution in [2.75, 3.05) is 4.43 Å². The minimum Gasteiger partial charge on any atom is -0.0864 e. The first kappa shape index (κ1) is 45.7. The van der Waals surface area contributed by atoms with Gasteiger partial charge in [-0.05, 0) is 10.8 Å². The van der Waals surface area contributed by atoms with Crippen LogP contribution in [0.25, 0.3) is 0 Å². The zero-order valence-corrected chi connectivity index (χ0v) is 33.9. The van der Waals surface area contributed by atoms with Crippen LogP contribution in [0.4, 0.5) is 0 Å². The van der Waals surface area contributed by atoms with Crippen molar-refractivity contribution < 1.29 is 0 Å². The maximum absolute atomic E-state index is 2.51. The Morgan fingerprint density at radius 3 is 0.400 bits per heavy atom. The summed E-state index contributed by atoms with van der Waals surface area (Å²) in [5.74, 6) is 0. The second-order valence-electron chi connectivity index (χ2n) is 15.2. The summed E-state index contributed by atoms with van der Waals surface area (Å²) in [6.45, 7) is 2.31. The van der Waals surface area contributed by atoms with Crippen LogP contribution in [-0.4, -0.2) is 4.43 Å². The van der Waals surface area contributed by atoms with Gasteiger partial charge in [-0.15, -0.1) is 0 Å². The fourth-order valence-electron chi connectivity index (χ4n) is 7.24. The third kappa shape index (κ3) is 44.7. The number of rotatable bonds is 42. The molecule has 0 bridgehead atoms. The standard InChI is InChI=1S/C44H89I/c1-2-3-4-5-6-7-8-9-10-11-12-13-14-15-16-17-18-19-20-21-22-23-24-25-26-27-28-29-30-31-32-33-34-35-36-37-38-39-40-41-42-43-44-45/h2-44H2,1H3. The molecule has 0 fully saturated rings. The lowest BCUT2D eigenvalue weighted by Crippen LogP contribution is -1.85. The molecule has 0 spiro atoms. The maximum atomic E-state index is 2.51. The van der Waals surface area contributed by atoms with E-state index in [0.717, 1.165) is 0 Å². The summed E-state index contributed by atoms with van der Waals surface area (Å²) in [6, 6.07) is 0. The molecule has 0 aromatic rings. The summed E-state index contributed by atoms with van der Waals surface area (Å²) in [5, 5.41) is 0. The van der Waals surface area contributed by atoms with Crippen LogP contribution < -0.4 is 0 Å². The largest absolute Gasteiger partial charge is 0.0864 e. The van der Waals surface area contributed by atoms with Crippen molar-refractivity contribution in [3.63, 3.8) is 0 Å². The molecule has 0 aromatic heterocycles. The van der Waals surface area contributed by atoms with E-state index in [1.165, 1.54) is 274 Å². The molecule has 0 nitrogen and oxygen atoms in total. The van der Waals surface area contributed by atoms with Gasteiger partial charge in [0.05, 0.1) is 0 Å². The van der Waals surface area contributed by atoms with Gasteiger partial charge in [-0.2, -0.15) is 0 Å². The Morgan fingerprint density at radius 1 is 0.178 bits per heavy atom. The molecule has 0 N–H and O–H groups in total. The van der Waals surface area contributed by atoms with Gasteiger partial charge < -0.3 is 0 Å². The van der Waals surface area contributed by atoms with E-state index >= 15 is 0 Å². The van der Waals surface area contributed by atoms with Gasteiger partial charge >= 0.3 is 0 Å². The molecule has 0 radical (unpaired) electrons. The maximum Gasteiger partial charge on any atom is -0.000473 e. The molecular weight excluding hydrogens is 655 g/mol.